The molecule has 2 atom stereocenters. The lowest BCUT2D eigenvalue weighted by Gasteiger charge is -2.29. The van der Waals surface area contributed by atoms with Crippen molar-refractivity contribution in [3.63, 3.8) is 0 Å². The molecule has 1 fully saturated rings. The van der Waals surface area contributed by atoms with Gasteiger partial charge in [0.05, 0.1) is 0 Å². The number of rotatable bonds is 4. The normalized spacial score (nSPS) is 22.6. The number of aromatic nitrogens is 1. The molecule has 1 saturated heterocycles. The van der Waals surface area contributed by atoms with Gasteiger partial charge in [-0.3, -0.25) is 0 Å². The first-order valence-corrected chi connectivity index (χ1v) is 7.75. The summed E-state index contributed by atoms with van der Waals surface area (Å²) < 4.78 is 0. The van der Waals surface area contributed by atoms with Crippen molar-refractivity contribution in [1.82, 2.24) is 9.88 Å². The van der Waals surface area contributed by atoms with Gasteiger partial charge in [-0.1, -0.05) is 13.0 Å². The van der Waals surface area contributed by atoms with Gasteiger partial charge in [-0.05, 0) is 51.4 Å². The van der Waals surface area contributed by atoms with Crippen LogP contribution in [0.15, 0.2) is 18.3 Å². The van der Waals surface area contributed by atoms with E-state index in [2.05, 4.69) is 47.8 Å². The topological polar surface area (TPSA) is 45.4 Å². The minimum Gasteiger partial charge on any atom is -0.353 e. The summed E-state index contributed by atoms with van der Waals surface area (Å²) in [6.45, 7) is 7.77. The molecule has 20 heavy (non-hydrogen) atoms. The van der Waals surface area contributed by atoms with E-state index >= 15 is 0 Å². The van der Waals surface area contributed by atoms with E-state index in [0.29, 0.717) is 6.04 Å². The van der Waals surface area contributed by atoms with Crippen LogP contribution < -0.4 is 10.6 Å². The zero-order valence-corrected chi connectivity index (χ0v) is 13.0. The molecule has 0 saturated carbocycles. The van der Waals surface area contributed by atoms with Crippen LogP contribution in [0.4, 0.5) is 5.82 Å². The maximum Gasteiger partial charge on any atom is 0.128 e. The van der Waals surface area contributed by atoms with Gasteiger partial charge in [0.1, 0.15) is 5.82 Å². The number of pyridine rings is 1. The average Bonchev–Trinajstić information content (AvgIpc) is 2.60. The summed E-state index contributed by atoms with van der Waals surface area (Å²) in [6, 6.07) is 5.09. The lowest BCUT2D eigenvalue weighted by Crippen LogP contribution is -2.38. The van der Waals surface area contributed by atoms with E-state index in [4.69, 9.17) is 5.73 Å². The van der Waals surface area contributed by atoms with Crippen molar-refractivity contribution in [2.45, 2.75) is 45.2 Å². The molecule has 2 rings (SSSR count). The lowest BCUT2D eigenvalue weighted by molar-refractivity contribution is 0.337. The maximum atomic E-state index is 6.00. The summed E-state index contributed by atoms with van der Waals surface area (Å²) in [5.74, 6) is 1.10. The first-order chi connectivity index (χ1) is 9.60. The minimum absolute atomic E-state index is 0.244. The fourth-order valence-electron chi connectivity index (χ4n) is 2.87. The van der Waals surface area contributed by atoms with Crippen molar-refractivity contribution in [3.05, 3.63) is 23.9 Å². The molecule has 0 aliphatic carbocycles. The smallest absolute Gasteiger partial charge is 0.128 e. The van der Waals surface area contributed by atoms with Gasteiger partial charge in [0.2, 0.25) is 0 Å². The van der Waals surface area contributed by atoms with Crippen LogP contribution in [0.1, 0.15) is 32.3 Å². The lowest BCUT2D eigenvalue weighted by atomic mass is 10.1. The Hall–Kier alpha value is -1.13. The van der Waals surface area contributed by atoms with Gasteiger partial charge in [-0.2, -0.15) is 0 Å². The second kappa shape index (κ2) is 7.04. The van der Waals surface area contributed by atoms with Crippen molar-refractivity contribution in [2.24, 2.45) is 5.73 Å². The van der Waals surface area contributed by atoms with E-state index in [1.54, 1.807) is 0 Å². The summed E-state index contributed by atoms with van der Waals surface area (Å²) in [5.41, 5.74) is 7.24. The van der Waals surface area contributed by atoms with Gasteiger partial charge in [0, 0.05) is 31.4 Å². The van der Waals surface area contributed by atoms with Crippen LogP contribution in [0.5, 0.6) is 0 Å². The quantitative estimate of drug-likeness (QED) is 0.912. The molecule has 0 radical (unpaired) electrons. The fourth-order valence-corrected chi connectivity index (χ4v) is 2.87. The third-order valence-corrected chi connectivity index (χ3v) is 4.17. The molecule has 2 unspecified atom stereocenters. The van der Waals surface area contributed by atoms with Gasteiger partial charge in [-0.15, -0.1) is 0 Å². The standard InChI is InChI=1S/C16H28N4/c1-4-15(17)10-14-6-7-16(18-11-14)20-9-5-8-19(3)12-13(20)2/h6-7,11,13,15H,4-5,8-10,12,17H2,1-3H3. The van der Waals surface area contributed by atoms with Gasteiger partial charge in [0.25, 0.3) is 0 Å². The third-order valence-electron chi connectivity index (χ3n) is 4.17. The molecular weight excluding hydrogens is 248 g/mol. The van der Waals surface area contributed by atoms with Crippen LogP contribution in [0, 0.1) is 0 Å². The molecule has 4 nitrogen and oxygen atoms in total. The van der Waals surface area contributed by atoms with Crippen LogP contribution in [-0.4, -0.2) is 48.6 Å². The number of hydrogen-bond donors (Lipinski definition) is 1. The highest BCUT2D eigenvalue weighted by molar-refractivity contribution is 5.41. The number of likely N-dealkylation sites (N-methyl/N-ethyl adjacent to an activating group) is 1. The predicted octanol–water partition coefficient (Wildman–Crippen LogP) is 1.89. The van der Waals surface area contributed by atoms with E-state index in [-0.39, 0.29) is 6.04 Å². The summed E-state index contributed by atoms with van der Waals surface area (Å²) >= 11 is 0. The largest absolute Gasteiger partial charge is 0.353 e. The molecule has 112 valence electrons. The highest BCUT2D eigenvalue weighted by atomic mass is 15.3. The molecule has 4 heteroatoms. The van der Waals surface area contributed by atoms with Crippen LogP contribution in [0.3, 0.4) is 0 Å². The molecule has 1 aliphatic rings. The Labute approximate surface area is 123 Å². The van der Waals surface area contributed by atoms with E-state index in [0.717, 1.165) is 31.7 Å². The van der Waals surface area contributed by atoms with Crippen molar-refractivity contribution in [2.75, 3.05) is 31.6 Å². The summed E-state index contributed by atoms with van der Waals surface area (Å²) in [7, 11) is 2.20. The molecule has 0 aromatic carbocycles. The second-order valence-electron chi connectivity index (χ2n) is 6.06. The molecule has 1 aliphatic heterocycles. The average molecular weight is 276 g/mol. The summed E-state index contributed by atoms with van der Waals surface area (Å²) in [6.07, 6.45) is 5.12. The van der Waals surface area contributed by atoms with Crippen molar-refractivity contribution in [1.29, 1.82) is 0 Å². The van der Waals surface area contributed by atoms with Gasteiger partial charge >= 0.3 is 0 Å². The predicted molar refractivity (Wildman–Crippen MR) is 85.1 cm³/mol. The fraction of sp³-hybridized carbons (Fsp3) is 0.688. The van der Waals surface area contributed by atoms with Crippen LogP contribution in [0.25, 0.3) is 0 Å². The van der Waals surface area contributed by atoms with E-state index in [9.17, 15) is 0 Å². The van der Waals surface area contributed by atoms with Crippen molar-refractivity contribution in [3.8, 4) is 0 Å². The van der Waals surface area contributed by atoms with Gasteiger partial charge in [-0.25, -0.2) is 4.98 Å². The van der Waals surface area contributed by atoms with Crippen molar-refractivity contribution >= 4 is 5.82 Å². The van der Waals surface area contributed by atoms with Gasteiger partial charge in [0.15, 0.2) is 0 Å². The zero-order chi connectivity index (χ0) is 14.5. The number of nitrogens with two attached hydrogens (primary N) is 1. The Bertz CT molecular complexity index is 403. The highest BCUT2D eigenvalue weighted by Gasteiger charge is 2.20. The molecule has 1 aromatic rings. The maximum absolute atomic E-state index is 6.00. The van der Waals surface area contributed by atoms with E-state index < -0.39 is 0 Å². The van der Waals surface area contributed by atoms with E-state index in [1.165, 1.54) is 18.5 Å². The zero-order valence-electron chi connectivity index (χ0n) is 13.0. The van der Waals surface area contributed by atoms with Crippen molar-refractivity contribution < 1.29 is 0 Å². The minimum atomic E-state index is 0.244. The monoisotopic (exact) mass is 276 g/mol. The SMILES string of the molecule is CCC(N)Cc1ccc(N2CCCN(C)CC2C)nc1. The van der Waals surface area contributed by atoms with Crippen LogP contribution in [0.2, 0.25) is 0 Å². The molecule has 0 amide bonds. The van der Waals surface area contributed by atoms with Crippen LogP contribution >= 0.6 is 0 Å². The number of nitrogens with zero attached hydrogens (tertiary/aromatic N) is 3. The Balaban J connectivity index is 2.05. The number of anilines is 1. The first kappa shape index (κ1) is 15.3. The molecule has 2 heterocycles. The summed E-state index contributed by atoms with van der Waals surface area (Å²) in [5, 5.41) is 0. The molecule has 1 aromatic heterocycles. The van der Waals surface area contributed by atoms with Crippen LogP contribution in [-0.2, 0) is 6.42 Å². The Morgan fingerprint density at radius 1 is 1.40 bits per heavy atom. The van der Waals surface area contributed by atoms with E-state index in [1.807, 2.05) is 6.20 Å². The molecular formula is C16H28N4. The Morgan fingerprint density at radius 3 is 2.85 bits per heavy atom. The Morgan fingerprint density at radius 2 is 2.20 bits per heavy atom. The second-order valence-corrected chi connectivity index (χ2v) is 6.06. The molecule has 2 N–H and O–H groups in total. The number of hydrogen-bond acceptors (Lipinski definition) is 4. The molecule has 0 bridgehead atoms. The molecule has 0 spiro atoms. The highest BCUT2D eigenvalue weighted by Crippen LogP contribution is 2.18. The third kappa shape index (κ3) is 3.93. The Kier molecular flexibility index (Phi) is 5.38. The summed E-state index contributed by atoms with van der Waals surface area (Å²) in [4.78, 5) is 9.48. The first-order valence-electron chi connectivity index (χ1n) is 7.75. The van der Waals surface area contributed by atoms with Gasteiger partial charge < -0.3 is 15.5 Å².